The van der Waals surface area contributed by atoms with Crippen LogP contribution in [0.4, 0.5) is 0 Å². The van der Waals surface area contributed by atoms with Gasteiger partial charge in [0.2, 0.25) is 0 Å². The highest BCUT2D eigenvalue weighted by Crippen LogP contribution is 1.89. The molecule has 4 heteroatoms. The zero-order valence-electron chi connectivity index (χ0n) is 5.00. The molecule has 0 amide bonds. The molecule has 0 aromatic rings. The van der Waals surface area contributed by atoms with Gasteiger partial charge in [-0.1, -0.05) is 0 Å². The van der Waals surface area contributed by atoms with Crippen LogP contribution in [0.3, 0.4) is 0 Å². The molecule has 3 nitrogen and oxygen atoms in total. The summed E-state index contributed by atoms with van der Waals surface area (Å²) in [6.07, 6.45) is 3.29. The number of hydrogen-bond acceptors (Lipinski definition) is 3. The molecule has 1 aliphatic rings. The average Bonchev–Trinajstić information content (AvgIpc) is 1.91. The molecule has 0 bridgehead atoms. The average molecular weight is 146 g/mol. The SMILES string of the molecule is ClCCN1C=NC=NC1. The topological polar surface area (TPSA) is 28.0 Å². The molecule has 0 unspecified atom stereocenters. The summed E-state index contributed by atoms with van der Waals surface area (Å²) in [4.78, 5) is 9.70. The summed E-state index contributed by atoms with van der Waals surface area (Å²) in [5, 5.41) is 0. The predicted molar refractivity (Wildman–Crippen MR) is 39.3 cm³/mol. The van der Waals surface area contributed by atoms with E-state index in [4.69, 9.17) is 11.6 Å². The van der Waals surface area contributed by atoms with E-state index in [1.54, 1.807) is 12.7 Å². The molecular weight excluding hydrogens is 138 g/mol. The van der Waals surface area contributed by atoms with Gasteiger partial charge in [-0.05, 0) is 0 Å². The van der Waals surface area contributed by atoms with Crippen molar-refractivity contribution in [1.29, 1.82) is 0 Å². The van der Waals surface area contributed by atoms with Crippen molar-refractivity contribution in [3.05, 3.63) is 0 Å². The lowest BCUT2D eigenvalue weighted by molar-refractivity contribution is 0.468. The van der Waals surface area contributed by atoms with Gasteiger partial charge in [-0.15, -0.1) is 11.6 Å². The monoisotopic (exact) mass is 145 g/mol. The Hall–Kier alpha value is -0.570. The Morgan fingerprint density at radius 3 is 3.11 bits per heavy atom. The second-order valence-electron chi connectivity index (χ2n) is 1.71. The van der Waals surface area contributed by atoms with Crippen molar-refractivity contribution in [3.8, 4) is 0 Å². The summed E-state index contributed by atoms with van der Waals surface area (Å²) < 4.78 is 0. The fraction of sp³-hybridized carbons (Fsp3) is 0.600. The van der Waals surface area contributed by atoms with Crippen LogP contribution in [0.1, 0.15) is 0 Å². The quantitative estimate of drug-likeness (QED) is 0.522. The second-order valence-corrected chi connectivity index (χ2v) is 2.08. The molecular formula is C5H8ClN3. The molecule has 0 radical (unpaired) electrons. The van der Waals surface area contributed by atoms with Crippen molar-refractivity contribution >= 4 is 24.3 Å². The van der Waals surface area contributed by atoms with Gasteiger partial charge in [0.1, 0.15) is 13.0 Å². The first-order valence-corrected chi connectivity index (χ1v) is 3.28. The van der Waals surface area contributed by atoms with Gasteiger partial charge in [-0.2, -0.15) is 0 Å². The number of nitrogens with zero attached hydrogens (tertiary/aromatic N) is 3. The zero-order valence-corrected chi connectivity index (χ0v) is 5.75. The maximum atomic E-state index is 5.48. The Bertz CT molecular complexity index is 132. The van der Waals surface area contributed by atoms with Crippen LogP contribution in [0.15, 0.2) is 9.98 Å². The Morgan fingerprint density at radius 1 is 1.67 bits per heavy atom. The fourth-order valence-corrected chi connectivity index (χ4v) is 0.803. The van der Waals surface area contributed by atoms with Crippen molar-refractivity contribution < 1.29 is 0 Å². The van der Waals surface area contributed by atoms with Crippen molar-refractivity contribution in [2.24, 2.45) is 9.98 Å². The van der Waals surface area contributed by atoms with Gasteiger partial charge in [0.15, 0.2) is 0 Å². The zero-order chi connectivity index (χ0) is 6.53. The number of aliphatic imine (C=N–C) groups is 2. The minimum Gasteiger partial charge on any atom is -0.342 e. The van der Waals surface area contributed by atoms with Gasteiger partial charge in [-0.25, -0.2) is 4.99 Å². The van der Waals surface area contributed by atoms with E-state index in [0.717, 1.165) is 6.54 Å². The van der Waals surface area contributed by atoms with Crippen LogP contribution >= 0.6 is 11.6 Å². The molecule has 0 atom stereocenters. The lowest BCUT2D eigenvalue weighted by atomic mass is 10.6. The van der Waals surface area contributed by atoms with E-state index in [1.807, 2.05) is 4.90 Å². The molecule has 50 valence electrons. The van der Waals surface area contributed by atoms with E-state index >= 15 is 0 Å². The van der Waals surface area contributed by atoms with Crippen LogP contribution < -0.4 is 0 Å². The molecule has 0 N–H and O–H groups in total. The van der Waals surface area contributed by atoms with Crippen LogP contribution in [0.5, 0.6) is 0 Å². The molecule has 1 rings (SSSR count). The highest BCUT2D eigenvalue weighted by molar-refractivity contribution is 6.18. The third-order valence-corrected chi connectivity index (χ3v) is 1.18. The van der Waals surface area contributed by atoms with E-state index in [2.05, 4.69) is 9.98 Å². The molecule has 0 aliphatic carbocycles. The summed E-state index contributed by atoms with van der Waals surface area (Å²) >= 11 is 5.48. The standard InChI is InChI=1S/C5H8ClN3/c6-1-2-9-4-7-3-8-5-9/h3-4H,1-2,5H2. The van der Waals surface area contributed by atoms with Crippen molar-refractivity contribution in [3.63, 3.8) is 0 Å². The summed E-state index contributed by atoms with van der Waals surface area (Å²) in [7, 11) is 0. The molecule has 1 heterocycles. The molecule has 0 spiro atoms. The lowest BCUT2D eigenvalue weighted by Gasteiger charge is -2.16. The molecule has 9 heavy (non-hydrogen) atoms. The lowest BCUT2D eigenvalue weighted by Crippen LogP contribution is -2.26. The van der Waals surface area contributed by atoms with Crippen molar-refractivity contribution in [2.45, 2.75) is 0 Å². The highest BCUT2D eigenvalue weighted by atomic mass is 35.5. The summed E-state index contributed by atoms with van der Waals surface area (Å²) in [5.41, 5.74) is 0. The third kappa shape index (κ3) is 2.01. The Morgan fingerprint density at radius 2 is 2.56 bits per heavy atom. The minimum atomic E-state index is 0.627. The number of halogens is 1. The molecule has 0 saturated heterocycles. The smallest absolute Gasteiger partial charge is 0.113 e. The van der Waals surface area contributed by atoms with Crippen LogP contribution in [0, 0.1) is 0 Å². The number of hydrogen-bond donors (Lipinski definition) is 0. The Kier molecular flexibility index (Phi) is 2.51. The Labute approximate surface area is 59.0 Å². The largest absolute Gasteiger partial charge is 0.342 e. The van der Waals surface area contributed by atoms with Crippen LogP contribution in [0.25, 0.3) is 0 Å². The number of alkyl halides is 1. The van der Waals surface area contributed by atoms with Crippen molar-refractivity contribution in [2.75, 3.05) is 19.1 Å². The molecule has 0 aromatic carbocycles. The molecule has 0 saturated carbocycles. The van der Waals surface area contributed by atoms with Gasteiger partial charge in [0.05, 0.1) is 6.34 Å². The predicted octanol–water partition coefficient (Wildman–Crippen LogP) is 0.555. The van der Waals surface area contributed by atoms with Crippen molar-refractivity contribution in [1.82, 2.24) is 4.90 Å². The third-order valence-electron chi connectivity index (χ3n) is 1.01. The summed E-state index contributed by atoms with van der Waals surface area (Å²) in [6, 6.07) is 0. The van der Waals surface area contributed by atoms with E-state index in [0.29, 0.717) is 12.5 Å². The fourth-order valence-electron chi connectivity index (χ4n) is 0.586. The van der Waals surface area contributed by atoms with Crippen LogP contribution in [0.2, 0.25) is 0 Å². The van der Waals surface area contributed by atoms with Crippen LogP contribution in [-0.2, 0) is 0 Å². The molecule has 0 aromatic heterocycles. The van der Waals surface area contributed by atoms with E-state index in [1.165, 1.54) is 0 Å². The van der Waals surface area contributed by atoms with E-state index in [-0.39, 0.29) is 0 Å². The normalized spacial score (nSPS) is 16.8. The van der Waals surface area contributed by atoms with Crippen LogP contribution in [-0.4, -0.2) is 36.7 Å². The first-order chi connectivity index (χ1) is 4.43. The summed E-state index contributed by atoms with van der Waals surface area (Å²) in [6.45, 7) is 1.51. The molecule has 1 aliphatic heterocycles. The van der Waals surface area contributed by atoms with Gasteiger partial charge in [0, 0.05) is 12.4 Å². The van der Waals surface area contributed by atoms with E-state index in [9.17, 15) is 0 Å². The Balaban J connectivity index is 2.28. The van der Waals surface area contributed by atoms with Gasteiger partial charge in [-0.3, -0.25) is 4.99 Å². The van der Waals surface area contributed by atoms with Gasteiger partial charge >= 0.3 is 0 Å². The maximum absolute atomic E-state index is 5.48. The minimum absolute atomic E-state index is 0.627. The van der Waals surface area contributed by atoms with Gasteiger partial charge in [0.25, 0.3) is 0 Å². The summed E-state index contributed by atoms with van der Waals surface area (Å²) in [5.74, 6) is 0.627. The maximum Gasteiger partial charge on any atom is 0.113 e. The second kappa shape index (κ2) is 3.45. The highest BCUT2D eigenvalue weighted by Gasteiger charge is 1.97. The van der Waals surface area contributed by atoms with E-state index < -0.39 is 0 Å². The number of rotatable bonds is 2. The first-order valence-electron chi connectivity index (χ1n) is 2.75. The first kappa shape index (κ1) is 6.55. The van der Waals surface area contributed by atoms with Gasteiger partial charge < -0.3 is 4.90 Å². The molecule has 0 fully saturated rings.